The first kappa shape index (κ1) is 16.9. The summed E-state index contributed by atoms with van der Waals surface area (Å²) in [6.07, 6.45) is 3.43. The third-order valence-electron chi connectivity index (χ3n) is 4.93. The van der Waals surface area contributed by atoms with Gasteiger partial charge >= 0.3 is 0 Å². The second-order valence-electron chi connectivity index (χ2n) is 6.19. The molecule has 1 unspecified atom stereocenters. The van der Waals surface area contributed by atoms with Crippen LogP contribution in [0.3, 0.4) is 0 Å². The highest BCUT2D eigenvalue weighted by molar-refractivity contribution is 9.10. The van der Waals surface area contributed by atoms with Gasteiger partial charge in [0.05, 0.1) is 0 Å². The fourth-order valence-electron chi connectivity index (χ4n) is 3.13. The van der Waals surface area contributed by atoms with Gasteiger partial charge in [-0.25, -0.2) is 4.39 Å². The molecule has 0 aliphatic carbocycles. The Kier molecular flexibility index (Phi) is 5.81. The summed E-state index contributed by atoms with van der Waals surface area (Å²) in [6.45, 7) is 9.80. The van der Waals surface area contributed by atoms with Crippen LogP contribution in [0.4, 0.5) is 4.39 Å². The molecule has 0 amide bonds. The minimum absolute atomic E-state index is 0.187. The standard InChI is InChI=1S/C17H26BrFN2/c1-4-17(5-2)12-21(13(3)8-9-20-17)11-14-6-7-15(19)10-16(14)18/h6-7,10,13,20H,4-5,8-9,11-12H2,1-3H3. The Balaban J connectivity index is 2.18. The zero-order valence-corrected chi connectivity index (χ0v) is 14.8. The Labute approximate surface area is 136 Å². The normalized spacial score (nSPS) is 23.0. The monoisotopic (exact) mass is 356 g/mol. The molecule has 0 spiro atoms. The van der Waals surface area contributed by atoms with E-state index in [1.807, 2.05) is 6.07 Å². The SMILES string of the molecule is CCC1(CC)CN(Cc2ccc(F)cc2Br)C(C)CCN1. The van der Waals surface area contributed by atoms with E-state index >= 15 is 0 Å². The molecular formula is C17H26BrFN2. The van der Waals surface area contributed by atoms with Crippen molar-refractivity contribution >= 4 is 15.9 Å². The molecule has 21 heavy (non-hydrogen) atoms. The molecule has 2 rings (SSSR count). The minimum Gasteiger partial charge on any atom is -0.310 e. The highest BCUT2D eigenvalue weighted by Gasteiger charge is 2.32. The van der Waals surface area contributed by atoms with E-state index < -0.39 is 0 Å². The van der Waals surface area contributed by atoms with Crippen molar-refractivity contribution < 1.29 is 4.39 Å². The van der Waals surface area contributed by atoms with E-state index in [4.69, 9.17) is 0 Å². The van der Waals surface area contributed by atoms with Crippen molar-refractivity contribution in [2.45, 2.75) is 58.2 Å². The van der Waals surface area contributed by atoms with E-state index in [1.165, 1.54) is 0 Å². The van der Waals surface area contributed by atoms with Gasteiger partial charge in [-0.3, -0.25) is 4.90 Å². The van der Waals surface area contributed by atoms with Gasteiger partial charge in [0.25, 0.3) is 0 Å². The van der Waals surface area contributed by atoms with Crippen LogP contribution in [-0.4, -0.2) is 29.6 Å². The molecule has 0 saturated carbocycles. The molecule has 0 radical (unpaired) electrons. The Morgan fingerprint density at radius 2 is 2.10 bits per heavy atom. The van der Waals surface area contributed by atoms with Crippen molar-refractivity contribution in [3.05, 3.63) is 34.1 Å². The van der Waals surface area contributed by atoms with Gasteiger partial charge in [-0.2, -0.15) is 0 Å². The van der Waals surface area contributed by atoms with E-state index in [-0.39, 0.29) is 11.4 Å². The van der Waals surface area contributed by atoms with Crippen LogP contribution < -0.4 is 5.32 Å². The number of rotatable bonds is 4. The number of halogens is 2. The summed E-state index contributed by atoms with van der Waals surface area (Å²) in [6, 6.07) is 5.54. The van der Waals surface area contributed by atoms with E-state index in [0.29, 0.717) is 6.04 Å². The Morgan fingerprint density at radius 3 is 2.71 bits per heavy atom. The molecule has 1 fully saturated rings. The van der Waals surface area contributed by atoms with Gasteiger partial charge in [0.1, 0.15) is 5.82 Å². The summed E-state index contributed by atoms with van der Waals surface area (Å²) < 4.78 is 14.1. The largest absolute Gasteiger partial charge is 0.310 e. The summed E-state index contributed by atoms with van der Waals surface area (Å²) in [5.41, 5.74) is 1.36. The lowest BCUT2D eigenvalue weighted by atomic mass is 9.92. The van der Waals surface area contributed by atoms with E-state index in [9.17, 15) is 4.39 Å². The van der Waals surface area contributed by atoms with E-state index in [2.05, 4.69) is 46.9 Å². The molecule has 1 aliphatic rings. The highest BCUT2D eigenvalue weighted by atomic mass is 79.9. The number of nitrogens with zero attached hydrogens (tertiary/aromatic N) is 1. The van der Waals surface area contributed by atoms with Crippen LogP contribution in [-0.2, 0) is 6.54 Å². The number of hydrogen-bond donors (Lipinski definition) is 1. The van der Waals surface area contributed by atoms with Crippen molar-refractivity contribution in [1.29, 1.82) is 0 Å². The van der Waals surface area contributed by atoms with Gasteiger partial charge in [-0.15, -0.1) is 0 Å². The van der Waals surface area contributed by atoms with E-state index in [1.54, 1.807) is 12.1 Å². The number of hydrogen-bond acceptors (Lipinski definition) is 2. The Morgan fingerprint density at radius 1 is 1.38 bits per heavy atom. The molecule has 0 aromatic heterocycles. The first-order chi connectivity index (χ1) is 9.99. The molecule has 1 aliphatic heterocycles. The molecule has 1 aromatic rings. The predicted molar refractivity (Wildman–Crippen MR) is 89.9 cm³/mol. The van der Waals surface area contributed by atoms with Gasteiger partial charge in [0, 0.05) is 29.1 Å². The molecule has 1 aromatic carbocycles. The molecule has 2 nitrogen and oxygen atoms in total. The van der Waals surface area contributed by atoms with Crippen molar-refractivity contribution in [2.24, 2.45) is 0 Å². The second-order valence-corrected chi connectivity index (χ2v) is 7.05. The van der Waals surface area contributed by atoms with Crippen LogP contribution in [0.2, 0.25) is 0 Å². The smallest absolute Gasteiger partial charge is 0.124 e. The maximum Gasteiger partial charge on any atom is 0.124 e. The van der Waals surface area contributed by atoms with Gasteiger partial charge in [0.2, 0.25) is 0 Å². The van der Waals surface area contributed by atoms with Crippen molar-refractivity contribution in [3.63, 3.8) is 0 Å². The lowest BCUT2D eigenvalue weighted by Crippen LogP contribution is -2.51. The zero-order valence-electron chi connectivity index (χ0n) is 13.3. The molecule has 1 atom stereocenters. The Hall–Kier alpha value is -0.450. The average Bonchev–Trinajstić information content (AvgIpc) is 2.62. The fourth-order valence-corrected chi connectivity index (χ4v) is 3.61. The van der Waals surface area contributed by atoms with Crippen LogP contribution >= 0.6 is 15.9 Å². The van der Waals surface area contributed by atoms with Crippen LogP contribution in [0.5, 0.6) is 0 Å². The van der Waals surface area contributed by atoms with Crippen molar-refractivity contribution in [2.75, 3.05) is 13.1 Å². The summed E-state index contributed by atoms with van der Waals surface area (Å²) in [5, 5.41) is 3.75. The quantitative estimate of drug-likeness (QED) is 0.863. The van der Waals surface area contributed by atoms with Gasteiger partial charge in [0.15, 0.2) is 0 Å². The highest BCUT2D eigenvalue weighted by Crippen LogP contribution is 2.26. The summed E-state index contributed by atoms with van der Waals surface area (Å²) in [7, 11) is 0. The minimum atomic E-state index is -0.187. The molecular weight excluding hydrogens is 331 g/mol. The first-order valence-electron chi connectivity index (χ1n) is 7.92. The summed E-state index contributed by atoms with van der Waals surface area (Å²) in [4.78, 5) is 2.53. The molecule has 0 bridgehead atoms. The molecule has 4 heteroatoms. The molecule has 1 saturated heterocycles. The summed E-state index contributed by atoms with van der Waals surface area (Å²) >= 11 is 3.49. The third kappa shape index (κ3) is 4.05. The van der Waals surface area contributed by atoms with Gasteiger partial charge in [-0.1, -0.05) is 35.8 Å². The summed E-state index contributed by atoms with van der Waals surface area (Å²) in [5.74, 6) is -0.187. The maximum absolute atomic E-state index is 13.2. The van der Waals surface area contributed by atoms with Crippen LogP contribution in [0, 0.1) is 5.82 Å². The molecule has 118 valence electrons. The van der Waals surface area contributed by atoms with Crippen LogP contribution in [0.1, 0.15) is 45.6 Å². The van der Waals surface area contributed by atoms with E-state index in [0.717, 1.165) is 48.9 Å². The van der Waals surface area contributed by atoms with Gasteiger partial charge < -0.3 is 5.32 Å². The Bertz CT molecular complexity index is 474. The maximum atomic E-state index is 13.2. The van der Waals surface area contributed by atoms with Crippen LogP contribution in [0.25, 0.3) is 0 Å². The topological polar surface area (TPSA) is 15.3 Å². The fraction of sp³-hybridized carbons (Fsp3) is 0.647. The third-order valence-corrected chi connectivity index (χ3v) is 5.67. The number of nitrogens with one attached hydrogen (secondary N) is 1. The lowest BCUT2D eigenvalue weighted by molar-refractivity contribution is 0.152. The predicted octanol–water partition coefficient (Wildman–Crippen LogP) is 4.33. The number of benzene rings is 1. The molecule has 1 heterocycles. The van der Waals surface area contributed by atoms with Crippen LogP contribution in [0.15, 0.2) is 22.7 Å². The average molecular weight is 357 g/mol. The molecule has 1 N–H and O–H groups in total. The second kappa shape index (κ2) is 7.21. The van der Waals surface area contributed by atoms with Gasteiger partial charge in [-0.05, 0) is 50.4 Å². The van der Waals surface area contributed by atoms with Crippen molar-refractivity contribution in [1.82, 2.24) is 10.2 Å². The first-order valence-corrected chi connectivity index (χ1v) is 8.72. The zero-order chi connectivity index (χ0) is 15.5. The van der Waals surface area contributed by atoms with Crippen molar-refractivity contribution in [3.8, 4) is 0 Å². The lowest BCUT2D eigenvalue weighted by Gasteiger charge is -2.37.